The molecule has 0 radical (unpaired) electrons. The molecule has 7 nitrogen and oxygen atoms in total. The van der Waals surface area contributed by atoms with Gasteiger partial charge in [-0.15, -0.1) is 5.10 Å². The van der Waals surface area contributed by atoms with Crippen LogP contribution in [0.1, 0.15) is 17.0 Å². The molecule has 2 N–H and O–H groups in total. The number of ether oxygens (including phenoxy) is 1. The van der Waals surface area contributed by atoms with Crippen molar-refractivity contribution >= 4 is 0 Å². The van der Waals surface area contributed by atoms with Gasteiger partial charge in [0.1, 0.15) is 24.1 Å². The summed E-state index contributed by atoms with van der Waals surface area (Å²) in [4.78, 5) is 0. The van der Waals surface area contributed by atoms with Crippen molar-refractivity contribution in [2.24, 2.45) is 0 Å². The Morgan fingerprint density at radius 1 is 1.38 bits per heavy atom. The number of hydrogen-bond donors (Lipinski definition) is 2. The summed E-state index contributed by atoms with van der Waals surface area (Å²) < 4.78 is 6.98. The first-order valence-electron chi connectivity index (χ1n) is 6.45. The Balaban J connectivity index is 2.12. The molecule has 7 heteroatoms. The van der Waals surface area contributed by atoms with Crippen LogP contribution in [0.5, 0.6) is 5.75 Å². The Kier molecular flexibility index (Phi) is 4.87. The van der Waals surface area contributed by atoms with E-state index in [1.165, 1.54) is 4.68 Å². The first kappa shape index (κ1) is 15.0. The van der Waals surface area contributed by atoms with Gasteiger partial charge in [-0.05, 0) is 19.1 Å². The summed E-state index contributed by atoms with van der Waals surface area (Å²) in [5.74, 6) is 0.667. The number of aryl methyl sites for hydroxylation is 1. The minimum atomic E-state index is -0.962. The Hall–Kier alpha value is -2.43. The molecule has 0 saturated heterocycles. The van der Waals surface area contributed by atoms with Gasteiger partial charge in [0.2, 0.25) is 0 Å². The lowest BCUT2D eigenvalue weighted by molar-refractivity contribution is 0.0761. The van der Waals surface area contributed by atoms with E-state index in [2.05, 4.69) is 10.3 Å². The first-order chi connectivity index (χ1) is 10.1. The van der Waals surface area contributed by atoms with Crippen LogP contribution in [-0.2, 0) is 13.2 Å². The van der Waals surface area contributed by atoms with Gasteiger partial charge in [0.25, 0.3) is 0 Å². The Bertz CT molecular complexity index is 631. The third-order valence-electron chi connectivity index (χ3n) is 2.93. The van der Waals surface area contributed by atoms with Gasteiger partial charge >= 0.3 is 0 Å². The lowest BCUT2D eigenvalue weighted by atomic mass is 10.2. The van der Waals surface area contributed by atoms with E-state index in [0.29, 0.717) is 11.4 Å². The van der Waals surface area contributed by atoms with Gasteiger partial charge < -0.3 is 14.9 Å². The molecule has 21 heavy (non-hydrogen) atoms. The molecule has 1 heterocycles. The predicted octanol–water partition coefficient (Wildman–Crippen LogP) is 0.390. The van der Waals surface area contributed by atoms with Crippen LogP contribution < -0.4 is 4.74 Å². The lowest BCUT2D eigenvalue weighted by Crippen LogP contribution is -2.22. The van der Waals surface area contributed by atoms with E-state index in [0.717, 1.165) is 5.56 Å². The van der Waals surface area contributed by atoms with E-state index in [-0.39, 0.29) is 25.5 Å². The molecule has 0 fully saturated rings. The molecule has 0 bridgehead atoms. The number of aliphatic hydroxyl groups excluding tert-OH is 2. The largest absolute Gasteiger partial charge is 0.487 e. The summed E-state index contributed by atoms with van der Waals surface area (Å²) in [5, 5.41) is 34.9. The molecule has 0 aliphatic heterocycles. The summed E-state index contributed by atoms with van der Waals surface area (Å²) in [5.41, 5.74) is 1.73. The maximum absolute atomic E-state index is 9.47. The van der Waals surface area contributed by atoms with Crippen molar-refractivity contribution in [1.82, 2.24) is 15.0 Å². The zero-order valence-electron chi connectivity index (χ0n) is 11.6. The van der Waals surface area contributed by atoms with E-state index in [1.54, 1.807) is 0 Å². The van der Waals surface area contributed by atoms with Gasteiger partial charge in [0.15, 0.2) is 5.69 Å². The monoisotopic (exact) mass is 288 g/mol. The smallest absolute Gasteiger partial charge is 0.189 e. The van der Waals surface area contributed by atoms with Crippen LogP contribution in [0.2, 0.25) is 0 Å². The summed E-state index contributed by atoms with van der Waals surface area (Å²) in [7, 11) is 0. The SMILES string of the molecule is Cc1ccc(OCc2c(C#N)nnn2CC(O)CO)cc1. The van der Waals surface area contributed by atoms with E-state index in [4.69, 9.17) is 15.1 Å². The number of nitrogens with zero attached hydrogens (tertiary/aromatic N) is 4. The number of aliphatic hydroxyl groups is 2. The van der Waals surface area contributed by atoms with E-state index >= 15 is 0 Å². The minimum absolute atomic E-state index is 0.0533. The number of benzene rings is 1. The molecule has 1 atom stereocenters. The summed E-state index contributed by atoms with van der Waals surface area (Å²) >= 11 is 0. The van der Waals surface area contributed by atoms with Crippen LogP contribution in [0.3, 0.4) is 0 Å². The normalized spacial score (nSPS) is 11.9. The maximum Gasteiger partial charge on any atom is 0.189 e. The van der Waals surface area contributed by atoms with Gasteiger partial charge in [-0.3, -0.25) is 0 Å². The molecule has 2 rings (SSSR count). The quantitative estimate of drug-likeness (QED) is 0.797. The van der Waals surface area contributed by atoms with Crippen molar-refractivity contribution in [2.75, 3.05) is 6.61 Å². The summed E-state index contributed by atoms with van der Waals surface area (Å²) in [6.07, 6.45) is -0.962. The van der Waals surface area contributed by atoms with Crippen molar-refractivity contribution in [3.8, 4) is 11.8 Å². The van der Waals surface area contributed by atoms with E-state index in [9.17, 15) is 5.11 Å². The van der Waals surface area contributed by atoms with Crippen molar-refractivity contribution < 1.29 is 14.9 Å². The molecule has 1 aromatic heterocycles. The summed E-state index contributed by atoms with van der Waals surface area (Å²) in [6, 6.07) is 9.44. The minimum Gasteiger partial charge on any atom is -0.487 e. The predicted molar refractivity (Wildman–Crippen MR) is 73.3 cm³/mol. The molecule has 1 aromatic carbocycles. The highest BCUT2D eigenvalue weighted by atomic mass is 16.5. The van der Waals surface area contributed by atoms with Gasteiger partial charge in [0, 0.05) is 0 Å². The molecule has 0 saturated carbocycles. The third-order valence-corrected chi connectivity index (χ3v) is 2.93. The standard InChI is InChI=1S/C14H16N4O3/c1-10-2-4-12(5-3-10)21-9-14-13(6-15)16-17-18(14)7-11(20)8-19/h2-5,11,19-20H,7-9H2,1H3. The lowest BCUT2D eigenvalue weighted by Gasteiger charge is -2.11. The third kappa shape index (κ3) is 3.78. The molecule has 0 spiro atoms. The fraction of sp³-hybridized carbons (Fsp3) is 0.357. The first-order valence-corrected chi connectivity index (χ1v) is 6.45. The number of nitriles is 1. The van der Waals surface area contributed by atoms with Crippen LogP contribution in [0.25, 0.3) is 0 Å². The Morgan fingerprint density at radius 2 is 2.10 bits per heavy atom. The van der Waals surface area contributed by atoms with Crippen LogP contribution in [0, 0.1) is 18.3 Å². The topological polar surface area (TPSA) is 104 Å². The number of aromatic nitrogens is 3. The molecular weight excluding hydrogens is 272 g/mol. The maximum atomic E-state index is 9.47. The second-order valence-electron chi connectivity index (χ2n) is 4.62. The highest BCUT2D eigenvalue weighted by molar-refractivity contribution is 5.28. The zero-order valence-corrected chi connectivity index (χ0v) is 11.6. The van der Waals surface area contributed by atoms with Gasteiger partial charge in [-0.2, -0.15) is 5.26 Å². The summed E-state index contributed by atoms with van der Waals surface area (Å²) in [6.45, 7) is 1.75. The van der Waals surface area contributed by atoms with Crippen molar-refractivity contribution in [1.29, 1.82) is 5.26 Å². The number of rotatable bonds is 6. The van der Waals surface area contributed by atoms with Crippen LogP contribution in [-0.4, -0.2) is 37.9 Å². The molecule has 0 aliphatic rings. The molecule has 0 aliphatic carbocycles. The average molecular weight is 288 g/mol. The molecule has 110 valence electrons. The fourth-order valence-corrected chi connectivity index (χ4v) is 1.75. The number of hydrogen-bond acceptors (Lipinski definition) is 6. The van der Waals surface area contributed by atoms with Gasteiger partial charge in [-0.1, -0.05) is 22.9 Å². The Morgan fingerprint density at radius 3 is 2.71 bits per heavy atom. The van der Waals surface area contributed by atoms with Gasteiger partial charge in [-0.25, -0.2) is 4.68 Å². The highest BCUT2D eigenvalue weighted by Crippen LogP contribution is 2.15. The van der Waals surface area contributed by atoms with E-state index < -0.39 is 6.10 Å². The van der Waals surface area contributed by atoms with Crippen molar-refractivity contribution in [2.45, 2.75) is 26.2 Å². The van der Waals surface area contributed by atoms with Crippen LogP contribution in [0.15, 0.2) is 24.3 Å². The molecule has 0 amide bonds. The second-order valence-corrected chi connectivity index (χ2v) is 4.62. The van der Waals surface area contributed by atoms with Crippen molar-refractivity contribution in [3.63, 3.8) is 0 Å². The Labute approximate surface area is 122 Å². The van der Waals surface area contributed by atoms with Crippen LogP contribution in [0.4, 0.5) is 0 Å². The molecular formula is C14H16N4O3. The fourth-order valence-electron chi connectivity index (χ4n) is 1.75. The van der Waals surface area contributed by atoms with Gasteiger partial charge in [0.05, 0.1) is 19.3 Å². The average Bonchev–Trinajstić information content (AvgIpc) is 2.88. The molecule has 1 unspecified atom stereocenters. The highest BCUT2D eigenvalue weighted by Gasteiger charge is 2.15. The zero-order chi connectivity index (χ0) is 15.2. The second kappa shape index (κ2) is 6.83. The van der Waals surface area contributed by atoms with Crippen LogP contribution >= 0.6 is 0 Å². The van der Waals surface area contributed by atoms with Crippen molar-refractivity contribution in [3.05, 3.63) is 41.2 Å². The van der Waals surface area contributed by atoms with E-state index in [1.807, 2.05) is 37.3 Å². The molecule has 2 aromatic rings.